The van der Waals surface area contributed by atoms with Crippen molar-refractivity contribution in [3.8, 4) is 0 Å². The number of furan rings is 1. The van der Waals surface area contributed by atoms with Gasteiger partial charge in [-0.3, -0.25) is 4.79 Å². The van der Waals surface area contributed by atoms with Crippen LogP contribution in [0.25, 0.3) is 0 Å². The van der Waals surface area contributed by atoms with E-state index in [2.05, 4.69) is 10.3 Å². The Hall–Kier alpha value is -2.25. The van der Waals surface area contributed by atoms with Crippen LogP contribution in [0.1, 0.15) is 34.1 Å². The quantitative estimate of drug-likeness (QED) is 0.943. The molecule has 0 fully saturated rings. The predicted octanol–water partition coefficient (Wildman–Crippen LogP) is 2.80. The Labute approximate surface area is 130 Å². The molecule has 2 aromatic rings. The zero-order valence-electron chi connectivity index (χ0n) is 12.5. The van der Waals surface area contributed by atoms with E-state index >= 15 is 0 Å². The largest absolute Gasteiger partial charge is 0.469 e. The summed E-state index contributed by atoms with van der Waals surface area (Å²) in [7, 11) is 0. The Balaban J connectivity index is 1.61. The van der Waals surface area contributed by atoms with Gasteiger partial charge >= 0.3 is 6.18 Å². The summed E-state index contributed by atoms with van der Waals surface area (Å²) in [6, 6.07) is 1.59. The van der Waals surface area contributed by atoms with Gasteiger partial charge in [-0.1, -0.05) is 0 Å². The highest BCUT2D eigenvalue weighted by Gasteiger charge is 2.35. The number of hydrogen-bond donors (Lipinski definition) is 1. The molecule has 1 atom stereocenters. The lowest BCUT2D eigenvalue weighted by molar-refractivity contribution is -0.141. The van der Waals surface area contributed by atoms with Crippen molar-refractivity contribution in [3.63, 3.8) is 0 Å². The number of fused-ring (bicyclic) bond motifs is 1. The molecule has 23 heavy (non-hydrogen) atoms. The Kier molecular flexibility index (Phi) is 3.91. The number of imidazole rings is 1. The Morgan fingerprint density at radius 2 is 2.30 bits per heavy atom. The average molecular weight is 327 g/mol. The summed E-state index contributed by atoms with van der Waals surface area (Å²) in [6.45, 7) is 2.53. The summed E-state index contributed by atoms with van der Waals surface area (Å²) < 4.78 is 44.6. The van der Waals surface area contributed by atoms with Crippen LogP contribution in [0, 0.1) is 12.8 Å². The minimum absolute atomic E-state index is 0.0777. The third-order valence-electron chi connectivity index (χ3n) is 4.04. The summed E-state index contributed by atoms with van der Waals surface area (Å²) in [5.74, 6) is 0.834. The van der Waals surface area contributed by atoms with Gasteiger partial charge in [0.25, 0.3) is 5.91 Å². The van der Waals surface area contributed by atoms with E-state index < -0.39 is 11.9 Å². The highest BCUT2D eigenvalue weighted by atomic mass is 19.4. The van der Waals surface area contributed by atoms with Gasteiger partial charge in [0.2, 0.25) is 0 Å². The molecule has 3 rings (SSSR count). The zero-order chi connectivity index (χ0) is 16.6. The van der Waals surface area contributed by atoms with E-state index in [-0.39, 0.29) is 11.8 Å². The van der Waals surface area contributed by atoms with Gasteiger partial charge < -0.3 is 14.3 Å². The SMILES string of the molecule is Cc1occc1C(=O)NC[C@@H]1CCc2nc(C(F)(F)F)cn2C1. The van der Waals surface area contributed by atoms with Crippen LogP contribution in [0.15, 0.2) is 22.9 Å². The molecule has 0 radical (unpaired) electrons. The predicted molar refractivity (Wildman–Crippen MR) is 74.8 cm³/mol. The van der Waals surface area contributed by atoms with E-state index in [1.54, 1.807) is 13.0 Å². The van der Waals surface area contributed by atoms with Gasteiger partial charge in [0.1, 0.15) is 11.6 Å². The smallest absolute Gasteiger partial charge is 0.434 e. The fourth-order valence-corrected chi connectivity index (χ4v) is 2.77. The number of rotatable bonds is 3. The molecule has 1 aliphatic heterocycles. The number of aromatic nitrogens is 2. The topological polar surface area (TPSA) is 60.1 Å². The molecule has 3 heterocycles. The summed E-state index contributed by atoms with van der Waals surface area (Å²) in [4.78, 5) is 15.7. The Bertz CT molecular complexity index is 718. The highest BCUT2D eigenvalue weighted by Crippen LogP contribution is 2.30. The van der Waals surface area contributed by atoms with Gasteiger partial charge in [-0.05, 0) is 25.3 Å². The van der Waals surface area contributed by atoms with Crippen LogP contribution in [0.5, 0.6) is 0 Å². The second kappa shape index (κ2) is 5.75. The van der Waals surface area contributed by atoms with E-state index in [0.717, 1.165) is 6.20 Å². The standard InChI is InChI=1S/C15H16F3N3O2/c1-9-11(4-5-23-9)14(22)19-6-10-2-3-13-20-12(15(16,17)18)8-21(13)7-10/h4-5,8,10H,2-3,6-7H2,1H3,(H,19,22)/t10-/m0/s1. The molecule has 0 spiro atoms. The molecule has 8 heteroatoms. The number of nitrogens with one attached hydrogen (secondary N) is 1. The third-order valence-corrected chi connectivity index (χ3v) is 4.04. The first-order valence-electron chi connectivity index (χ1n) is 7.30. The molecule has 0 unspecified atom stereocenters. The second-order valence-corrected chi connectivity index (χ2v) is 5.70. The van der Waals surface area contributed by atoms with Crippen molar-refractivity contribution in [3.05, 3.63) is 41.4 Å². The van der Waals surface area contributed by atoms with Crippen molar-refractivity contribution >= 4 is 5.91 Å². The molecule has 0 aliphatic carbocycles. The maximum Gasteiger partial charge on any atom is 0.434 e. The normalized spacial score (nSPS) is 17.8. The molecule has 5 nitrogen and oxygen atoms in total. The molecule has 0 bridgehead atoms. The van der Waals surface area contributed by atoms with Gasteiger partial charge in [-0.15, -0.1) is 0 Å². The lowest BCUT2D eigenvalue weighted by Crippen LogP contribution is -2.33. The number of aryl methyl sites for hydroxylation is 2. The minimum atomic E-state index is -4.42. The van der Waals surface area contributed by atoms with E-state index in [9.17, 15) is 18.0 Å². The van der Waals surface area contributed by atoms with Gasteiger partial charge in [-0.25, -0.2) is 4.98 Å². The lowest BCUT2D eigenvalue weighted by atomic mass is 9.99. The maximum absolute atomic E-state index is 12.7. The fraction of sp³-hybridized carbons (Fsp3) is 0.467. The highest BCUT2D eigenvalue weighted by molar-refractivity contribution is 5.95. The molecule has 1 amide bonds. The summed E-state index contributed by atoms with van der Waals surface area (Å²) in [6.07, 6.45) is -0.766. The van der Waals surface area contributed by atoms with E-state index in [0.29, 0.717) is 43.1 Å². The fourth-order valence-electron chi connectivity index (χ4n) is 2.77. The lowest BCUT2D eigenvalue weighted by Gasteiger charge is -2.23. The van der Waals surface area contributed by atoms with E-state index in [4.69, 9.17) is 4.42 Å². The zero-order valence-corrected chi connectivity index (χ0v) is 12.5. The molecular formula is C15H16F3N3O2. The summed E-state index contributed by atoms with van der Waals surface area (Å²) >= 11 is 0. The van der Waals surface area contributed by atoms with Crippen molar-refractivity contribution in [2.24, 2.45) is 5.92 Å². The molecule has 124 valence electrons. The molecule has 1 N–H and O–H groups in total. The third kappa shape index (κ3) is 3.25. The summed E-state index contributed by atoms with van der Waals surface area (Å²) in [5, 5.41) is 2.81. The number of hydrogen-bond acceptors (Lipinski definition) is 3. The Morgan fingerprint density at radius 3 is 2.96 bits per heavy atom. The molecule has 2 aromatic heterocycles. The number of halogens is 3. The Morgan fingerprint density at radius 1 is 1.52 bits per heavy atom. The van der Waals surface area contributed by atoms with Crippen LogP contribution >= 0.6 is 0 Å². The van der Waals surface area contributed by atoms with Crippen molar-refractivity contribution in [1.29, 1.82) is 0 Å². The molecular weight excluding hydrogens is 311 g/mol. The van der Waals surface area contributed by atoms with Crippen LogP contribution in [-0.2, 0) is 19.1 Å². The number of alkyl halides is 3. The van der Waals surface area contributed by atoms with Crippen LogP contribution in [0.4, 0.5) is 13.2 Å². The number of nitrogens with zero attached hydrogens (tertiary/aromatic N) is 2. The van der Waals surface area contributed by atoms with Crippen molar-refractivity contribution < 1.29 is 22.4 Å². The van der Waals surface area contributed by atoms with Crippen LogP contribution in [0.2, 0.25) is 0 Å². The maximum atomic E-state index is 12.7. The number of carbonyl (C=O) groups excluding carboxylic acids is 1. The first-order chi connectivity index (χ1) is 10.8. The molecule has 0 saturated carbocycles. The van der Waals surface area contributed by atoms with Crippen molar-refractivity contribution in [2.45, 2.75) is 32.5 Å². The monoisotopic (exact) mass is 327 g/mol. The molecule has 0 saturated heterocycles. The van der Waals surface area contributed by atoms with Gasteiger partial charge in [0.05, 0.1) is 11.8 Å². The van der Waals surface area contributed by atoms with Gasteiger partial charge in [0, 0.05) is 25.7 Å². The van der Waals surface area contributed by atoms with Crippen LogP contribution in [0.3, 0.4) is 0 Å². The first kappa shape index (κ1) is 15.6. The van der Waals surface area contributed by atoms with Gasteiger partial charge in [-0.2, -0.15) is 13.2 Å². The van der Waals surface area contributed by atoms with Crippen LogP contribution in [-0.4, -0.2) is 22.0 Å². The van der Waals surface area contributed by atoms with Crippen molar-refractivity contribution in [1.82, 2.24) is 14.9 Å². The molecule has 0 aromatic carbocycles. The second-order valence-electron chi connectivity index (χ2n) is 5.70. The number of amides is 1. The van der Waals surface area contributed by atoms with E-state index in [1.807, 2.05) is 0 Å². The van der Waals surface area contributed by atoms with E-state index in [1.165, 1.54) is 10.8 Å². The minimum Gasteiger partial charge on any atom is -0.469 e. The molecule has 1 aliphatic rings. The first-order valence-corrected chi connectivity index (χ1v) is 7.30. The van der Waals surface area contributed by atoms with Crippen LogP contribution < -0.4 is 5.32 Å². The average Bonchev–Trinajstić information content (AvgIpc) is 3.09. The number of carbonyl (C=O) groups is 1. The van der Waals surface area contributed by atoms with Crippen molar-refractivity contribution in [2.75, 3.05) is 6.54 Å². The van der Waals surface area contributed by atoms with Gasteiger partial charge in [0.15, 0.2) is 5.69 Å². The summed E-state index contributed by atoms with van der Waals surface area (Å²) in [5.41, 5.74) is -0.380.